The first-order chi connectivity index (χ1) is 12.6. The number of fused-ring (bicyclic) bond motifs is 1. The van der Waals surface area contributed by atoms with Gasteiger partial charge in [-0.2, -0.15) is 0 Å². The minimum Gasteiger partial charge on any atom is -0.342 e. The molecule has 130 valence electrons. The number of rotatable bonds is 4. The first-order valence-corrected chi connectivity index (χ1v) is 8.19. The number of aromatic nitrogens is 6. The highest BCUT2D eigenvalue weighted by Crippen LogP contribution is 2.19. The van der Waals surface area contributed by atoms with E-state index in [4.69, 9.17) is 0 Å². The van der Waals surface area contributed by atoms with E-state index in [1.807, 2.05) is 42.8 Å². The summed E-state index contributed by atoms with van der Waals surface area (Å²) in [5, 5.41) is 14.0. The molecule has 1 amide bonds. The van der Waals surface area contributed by atoms with Gasteiger partial charge in [-0.25, -0.2) is 9.67 Å². The van der Waals surface area contributed by atoms with Crippen molar-refractivity contribution in [2.24, 2.45) is 7.05 Å². The number of nitrogens with zero attached hydrogens (tertiary/aromatic N) is 6. The quantitative estimate of drug-likeness (QED) is 0.610. The average Bonchev–Trinajstić information content (AvgIpc) is 3.31. The second-order valence-electron chi connectivity index (χ2n) is 6.01. The van der Waals surface area contributed by atoms with Gasteiger partial charge in [0, 0.05) is 12.6 Å². The van der Waals surface area contributed by atoms with Crippen molar-refractivity contribution in [3.63, 3.8) is 0 Å². The number of aryl methyl sites for hydroxylation is 1. The van der Waals surface area contributed by atoms with E-state index in [1.165, 1.54) is 11.0 Å². The SMILES string of the molecule is C[C@@H](NC(=O)c1ccc(-n2cnnn2)cc1)c1nc2ccccc2n1C. The van der Waals surface area contributed by atoms with Crippen LogP contribution < -0.4 is 5.32 Å². The molecule has 0 bridgehead atoms. The number of tetrazole rings is 1. The van der Waals surface area contributed by atoms with Crippen LogP contribution in [0.3, 0.4) is 0 Å². The van der Waals surface area contributed by atoms with Gasteiger partial charge in [-0.05, 0) is 53.7 Å². The van der Waals surface area contributed by atoms with Gasteiger partial charge in [-0.3, -0.25) is 4.79 Å². The molecule has 8 nitrogen and oxygen atoms in total. The van der Waals surface area contributed by atoms with Crippen molar-refractivity contribution in [1.29, 1.82) is 0 Å². The van der Waals surface area contributed by atoms with E-state index in [1.54, 1.807) is 24.3 Å². The third-order valence-corrected chi connectivity index (χ3v) is 4.30. The summed E-state index contributed by atoms with van der Waals surface area (Å²) in [5.41, 5.74) is 3.30. The summed E-state index contributed by atoms with van der Waals surface area (Å²) >= 11 is 0. The Kier molecular flexibility index (Phi) is 3.92. The van der Waals surface area contributed by atoms with Gasteiger partial charge in [0.05, 0.1) is 22.8 Å². The van der Waals surface area contributed by atoms with E-state index < -0.39 is 0 Å². The van der Waals surface area contributed by atoms with Crippen molar-refractivity contribution in [2.75, 3.05) is 0 Å². The molecule has 0 fully saturated rings. The summed E-state index contributed by atoms with van der Waals surface area (Å²) in [6.45, 7) is 1.93. The average molecular weight is 347 g/mol. The highest BCUT2D eigenvalue weighted by atomic mass is 16.1. The van der Waals surface area contributed by atoms with Crippen LogP contribution in [0.15, 0.2) is 54.9 Å². The van der Waals surface area contributed by atoms with E-state index in [9.17, 15) is 4.79 Å². The Balaban J connectivity index is 1.52. The van der Waals surface area contributed by atoms with Gasteiger partial charge in [-0.1, -0.05) is 12.1 Å². The van der Waals surface area contributed by atoms with Crippen LogP contribution in [-0.4, -0.2) is 35.7 Å². The van der Waals surface area contributed by atoms with E-state index in [2.05, 4.69) is 25.8 Å². The molecule has 4 rings (SSSR count). The van der Waals surface area contributed by atoms with Crippen molar-refractivity contribution in [3.05, 3.63) is 66.2 Å². The number of amides is 1. The molecular weight excluding hydrogens is 330 g/mol. The molecule has 4 aromatic rings. The van der Waals surface area contributed by atoms with E-state index in [-0.39, 0.29) is 11.9 Å². The number of hydrogen-bond donors (Lipinski definition) is 1. The molecule has 0 radical (unpaired) electrons. The van der Waals surface area contributed by atoms with Crippen LogP contribution in [-0.2, 0) is 7.05 Å². The maximum atomic E-state index is 12.6. The summed E-state index contributed by atoms with van der Waals surface area (Å²) in [6.07, 6.45) is 1.50. The zero-order valence-electron chi connectivity index (χ0n) is 14.4. The van der Waals surface area contributed by atoms with Crippen LogP contribution in [0.1, 0.15) is 29.1 Å². The summed E-state index contributed by atoms with van der Waals surface area (Å²) in [6, 6.07) is 14.8. The minimum atomic E-state index is -0.223. The maximum Gasteiger partial charge on any atom is 0.251 e. The van der Waals surface area contributed by atoms with E-state index in [0.717, 1.165) is 22.5 Å². The van der Waals surface area contributed by atoms with Gasteiger partial charge in [0.2, 0.25) is 0 Å². The largest absolute Gasteiger partial charge is 0.342 e. The van der Waals surface area contributed by atoms with Crippen LogP contribution in [0.5, 0.6) is 0 Å². The third-order valence-electron chi connectivity index (χ3n) is 4.30. The zero-order valence-corrected chi connectivity index (χ0v) is 14.4. The summed E-state index contributed by atoms with van der Waals surface area (Å²) in [4.78, 5) is 17.2. The van der Waals surface area contributed by atoms with Gasteiger partial charge in [-0.15, -0.1) is 5.10 Å². The first-order valence-electron chi connectivity index (χ1n) is 8.19. The molecule has 1 N–H and O–H groups in total. The Morgan fingerprint density at radius 1 is 1.12 bits per heavy atom. The molecule has 1 atom stereocenters. The molecule has 0 unspecified atom stereocenters. The topological polar surface area (TPSA) is 90.5 Å². The minimum absolute atomic E-state index is 0.159. The Hall–Kier alpha value is -3.55. The Labute approximate surface area is 149 Å². The van der Waals surface area contributed by atoms with Crippen molar-refractivity contribution < 1.29 is 4.79 Å². The second kappa shape index (κ2) is 6.40. The van der Waals surface area contributed by atoms with Crippen LogP contribution >= 0.6 is 0 Å². The molecule has 26 heavy (non-hydrogen) atoms. The molecule has 2 heterocycles. The third kappa shape index (κ3) is 2.81. The predicted molar refractivity (Wildman–Crippen MR) is 95.7 cm³/mol. The number of hydrogen-bond acceptors (Lipinski definition) is 5. The van der Waals surface area contributed by atoms with Crippen molar-refractivity contribution >= 4 is 16.9 Å². The van der Waals surface area contributed by atoms with E-state index >= 15 is 0 Å². The van der Waals surface area contributed by atoms with Gasteiger partial charge in [0.25, 0.3) is 5.91 Å². The van der Waals surface area contributed by atoms with Gasteiger partial charge in [0.1, 0.15) is 12.2 Å². The highest BCUT2D eigenvalue weighted by molar-refractivity contribution is 5.94. The van der Waals surface area contributed by atoms with Gasteiger partial charge in [0.15, 0.2) is 0 Å². The highest BCUT2D eigenvalue weighted by Gasteiger charge is 2.17. The molecule has 2 aromatic carbocycles. The van der Waals surface area contributed by atoms with Crippen LogP contribution in [0.2, 0.25) is 0 Å². The molecule has 0 saturated carbocycles. The van der Waals surface area contributed by atoms with Crippen LogP contribution in [0.25, 0.3) is 16.7 Å². The Bertz CT molecular complexity index is 1050. The Morgan fingerprint density at radius 2 is 1.88 bits per heavy atom. The normalized spacial score (nSPS) is 12.2. The fraction of sp³-hybridized carbons (Fsp3) is 0.167. The summed E-state index contributed by atoms with van der Waals surface area (Å²) in [7, 11) is 1.95. The molecule has 0 spiro atoms. The molecule has 0 aliphatic rings. The summed E-state index contributed by atoms with van der Waals surface area (Å²) in [5.74, 6) is 0.651. The molecule has 0 aliphatic carbocycles. The number of carbonyl (C=O) groups is 1. The smallest absolute Gasteiger partial charge is 0.251 e. The lowest BCUT2D eigenvalue weighted by molar-refractivity contribution is 0.0938. The molecule has 2 aromatic heterocycles. The number of carbonyl (C=O) groups excluding carboxylic acids is 1. The van der Waals surface area contributed by atoms with Crippen molar-refractivity contribution in [3.8, 4) is 5.69 Å². The fourth-order valence-corrected chi connectivity index (χ4v) is 2.94. The fourth-order valence-electron chi connectivity index (χ4n) is 2.94. The van der Waals surface area contributed by atoms with Crippen LogP contribution in [0.4, 0.5) is 0 Å². The monoisotopic (exact) mass is 347 g/mol. The number of imidazole rings is 1. The molecule has 8 heteroatoms. The molecular formula is C18H17N7O. The zero-order chi connectivity index (χ0) is 18.1. The molecule has 0 aliphatic heterocycles. The van der Waals surface area contributed by atoms with Crippen molar-refractivity contribution in [2.45, 2.75) is 13.0 Å². The van der Waals surface area contributed by atoms with Crippen molar-refractivity contribution in [1.82, 2.24) is 35.1 Å². The first kappa shape index (κ1) is 15.9. The lowest BCUT2D eigenvalue weighted by Crippen LogP contribution is -2.28. The van der Waals surface area contributed by atoms with Gasteiger partial charge >= 0.3 is 0 Å². The van der Waals surface area contributed by atoms with Crippen LogP contribution in [0, 0.1) is 0 Å². The molecule has 0 saturated heterocycles. The van der Waals surface area contributed by atoms with E-state index in [0.29, 0.717) is 5.56 Å². The van der Waals surface area contributed by atoms with Gasteiger partial charge < -0.3 is 9.88 Å². The maximum absolute atomic E-state index is 12.6. The standard InChI is InChI=1S/C18H17N7O/c1-12(17-21-15-5-3-4-6-16(15)24(17)2)20-18(26)13-7-9-14(10-8-13)25-11-19-22-23-25/h3-12H,1-2H3,(H,20,26)/t12-/m1/s1. The lowest BCUT2D eigenvalue weighted by atomic mass is 10.2. The number of para-hydroxylation sites is 2. The number of benzene rings is 2. The summed E-state index contributed by atoms with van der Waals surface area (Å²) < 4.78 is 3.53. The Morgan fingerprint density at radius 3 is 2.58 bits per heavy atom. The lowest BCUT2D eigenvalue weighted by Gasteiger charge is -2.14. The number of nitrogens with one attached hydrogen (secondary N) is 1. The predicted octanol–water partition coefficient (Wildman–Crippen LogP) is 2.04. The second-order valence-corrected chi connectivity index (χ2v) is 6.01.